The van der Waals surface area contributed by atoms with Crippen LogP contribution in [0.15, 0.2) is 54.6 Å². The van der Waals surface area contributed by atoms with Crippen LogP contribution in [0.1, 0.15) is 25.6 Å². The second kappa shape index (κ2) is 13.1. The summed E-state index contributed by atoms with van der Waals surface area (Å²) >= 11 is 0. The third-order valence-corrected chi connectivity index (χ3v) is 5.82. The number of fused-ring (bicyclic) bond motifs is 1. The van der Waals surface area contributed by atoms with Gasteiger partial charge in [0, 0.05) is 19.6 Å². The van der Waals surface area contributed by atoms with Crippen molar-refractivity contribution >= 4 is 34.8 Å². The number of carbonyl (C=O) groups excluding carboxylic acids is 2. The number of nitrogens with zero attached hydrogens (tertiary/aromatic N) is 3. The van der Waals surface area contributed by atoms with Gasteiger partial charge in [-0.3, -0.25) is 4.79 Å². The molecule has 1 aromatic heterocycles. The minimum Gasteiger partial charge on any atom is -0.486 e. The number of amides is 1. The third kappa shape index (κ3) is 7.53. The molecule has 1 saturated heterocycles. The second-order valence-corrected chi connectivity index (χ2v) is 8.30. The number of carboxylic acid groups (broad SMARTS) is 2. The number of hydrogen-bond acceptors (Lipinski definition) is 7. The number of carboxylic acids is 2. The lowest BCUT2D eigenvalue weighted by atomic mass is 9.96. The van der Waals surface area contributed by atoms with Gasteiger partial charge >= 0.3 is 23.8 Å². The number of carbonyl (C=O) groups is 4. The highest BCUT2D eigenvalue weighted by atomic mass is 16.5. The van der Waals surface area contributed by atoms with E-state index in [1.807, 2.05) is 48.5 Å². The van der Waals surface area contributed by atoms with Crippen molar-refractivity contribution in [1.29, 1.82) is 0 Å². The molecule has 1 amide bonds. The summed E-state index contributed by atoms with van der Waals surface area (Å²) in [4.78, 5) is 48.5. The van der Waals surface area contributed by atoms with E-state index in [2.05, 4.69) is 10.6 Å². The minimum atomic E-state index is -1.82. The molecule has 4 rings (SSSR count). The molecular formula is C26H29N3O8. The zero-order chi connectivity index (χ0) is 26.8. The molecule has 0 bridgehead atoms. The molecule has 2 heterocycles. The average Bonchev–Trinajstić information content (AvgIpc) is 3.25. The largest absolute Gasteiger partial charge is 0.486 e. The summed E-state index contributed by atoms with van der Waals surface area (Å²) in [7, 11) is 0. The monoisotopic (exact) mass is 511 g/mol. The molecule has 0 spiro atoms. The summed E-state index contributed by atoms with van der Waals surface area (Å²) in [5.74, 6) is -2.86. The van der Waals surface area contributed by atoms with Crippen molar-refractivity contribution in [3.63, 3.8) is 0 Å². The van der Waals surface area contributed by atoms with Crippen LogP contribution in [-0.2, 0) is 37.1 Å². The van der Waals surface area contributed by atoms with Gasteiger partial charge in [-0.15, -0.1) is 0 Å². The van der Waals surface area contributed by atoms with Crippen LogP contribution in [0.2, 0.25) is 0 Å². The average molecular weight is 512 g/mol. The highest BCUT2D eigenvalue weighted by Gasteiger charge is 2.28. The lowest BCUT2D eigenvalue weighted by molar-refractivity contribution is -0.160. The van der Waals surface area contributed by atoms with E-state index < -0.39 is 23.8 Å². The maximum absolute atomic E-state index is 12.2. The van der Waals surface area contributed by atoms with Crippen molar-refractivity contribution in [1.82, 2.24) is 14.5 Å². The quantitative estimate of drug-likeness (QED) is 0.376. The van der Waals surface area contributed by atoms with Gasteiger partial charge < -0.3 is 29.2 Å². The van der Waals surface area contributed by atoms with Gasteiger partial charge in [-0.25, -0.2) is 19.4 Å². The normalized spacial score (nSPS) is 13.4. The molecule has 1 aliphatic heterocycles. The van der Waals surface area contributed by atoms with Crippen molar-refractivity contribution in [3.05, 3.63) is 60.4 Å². The molecule has 11 heteroatoms. The Balaban J connectivity index is 0.000000568. The zero-order valence-corrected chi connectivity index (χ0v) is 20.4. The number of aromatic nitrogens is 2. The Bertz CT molecular complexity index is 1220. The molecule has 0 unspecified atom stereocenters. The molecule has 37 heavy (non-hydrogen) atoms. The van der Waals surface area contributed by atoms with E-state index in [4.69, 9.17) is 34.3 Å². The molecule has 0 radical (unpaired) electrons. The molecule has 2 N–H and O–H groups in total. The van der Waals surface area contributed by atoms with Crippen LogP contribution < -0.4 is 4.74 Å². The Hall–Kier alpha value is -4.41. The van der Waals surface area contributed by atoms with Crippen LogP contribution in [0, 0.1) is 5.92 Å². The molecule has 0 atom stereocenters. The number of piperidine rings is 1. The van der Waals surface area contributed by atoms with Crippen molar-refractivity contribution in [2.24, 2.45) is 5.92 Å². The number of esters is 1. The summed E-state index contributed by atoms with van der Waals surface area (Å²) in [5.41, 5.74) is 2.03. The summed E-state index contributed by atoms with van der Waals surface area (Å²) < 4.78 is 13.0. The first-order valence-corrected chi connectivity index (χ1v) is 11.8. The fourth-order valence-corrected chi connectivity index (χ4v) is 4.00. The van der Waals surface area contributed by atoms with Crippen LogP contribution >= 0.6 is 0 Å². The highest BCUT2D eigenvalue weighted by Crippen LogP contribution is 2.24. The number of benzene rings is 2. The lowest BCUT2D eigenvalue weighted by Gasteiger charge is -2.31. The summed E-state index contributed by atoms with van der Waals surface area (Å²) in [5, 5.41) is 14.8. The van der Waals surface area contributed by atoms with Crippen LogP contribution in [0.4, 0.5) is 0 Å². The van der Waals surface area contributed by atoms with E-state index in [0.717, 1.165) is 42.0 Å². The Morgan fingerprint density at radius 2 is 1.57 bits per heavy atom. The van der Waals surface area contributed by atoms with Gasteiger partial charge in [-0.2, -0.15) is 0 Å². The van der Waals surface area contributed by atoms with Crippen LogP contribution in [0.25, 0.3) is 11.0 Å². The topological polar surface area (TPSA) is 148 Å². The van der Waals surface area contributed by atoms with Gasteiger partial charge in [-0.05, 0) is 49.9 Å². The first-order valence-electron chi connectivity index (χ1n) is 11.8. The van der Waals surface area contributed by atoms with E-state index >= 15 is 0 Å². The maximum atomic E-state index is 12.2. The molecule has 196 valence electrons. The number of ether oxygens (including phenoxy) is 2. The van der Waals surface area contributed by atoms with Crippen LogP contribution in [-0.4, -0.2) is 68.2 Å². The highest BCUT2D eigenvalue weighted by molar-refractivity contribution is 6.32. The van der Waals surface area contributed by atoms with Crippen molar-refractivity contribution < 1.29 is 38.9 Å². The summed E-state index contributed by atoms with van der Waals surface area (Å²) in [6.07, 6.45) is 1.66. The zero-order valence-electron chi connectivity index (χ0n) is 20.4. The van der Waals surface area contributed by atoms with Gasteiger partial charge in [0.1, 0.15) is 18.2 Å². The van der Waals surface area contributed by atoms with E-state index in [-0.39, 0.29) is 6.61 Å². The molecule has 1 fully saturated rings. The fraction of sp³-hybridized carbons (Fsp3) is 0.346. The predicted octanol–water partition coefficient (Wildman–Crippen LogP) is 2.57. The van der Waals surface area contributed by atoms with Gasteiger partial charge in [0.15, 0.2) is 0 Å². The van der Waals surface area contributed by atoms with Crippen molar-refractivity contribution in [3.8, 4) is 5.75 Å². The number of aliphatic carboxylic acids is 2. The number of rotatable bonds is 6. The molecule has 0 saturated carbocycles. The van der Waals surface area contributed by atoms with Gasteiger partial charge in [-0.1, -0.05) is 30.3 Å². The Morgan fingerprint density at radius 1 is 0.946 bits per heavy atom. The first kappa shape index (κ1) is 27.2. The third-order valence-electron chi connectivity index (χ3n) is 5.82. The molecule has 0 aliphatic carbocycles. The summed E-state index contributed by atoms with van der Waals surface area (Å²) in [6, 6.07) is 17.8. The molecule has 1 aliphatic rings. The maximum Gasteiger partial charge on any atom is 0.414 e. The summed E-state index contributed by atoms with van der Waals surface area (Å²) in [6.45, 7) is 4.22. The number of hydrogen-bond donors (Lipinski definition) is 2. The van der Waals surface area contributed by atoms with Gasteiger partial charge in [0.05, 0.1) is 17.6 Å². The first-order chi connectivity index (χ1) is 17.8. The Kier molecular flexibility index (Phi) is 9.59. The minimum absolute atomic E-state index is 0.211. The standard InChI is InChI=1S/C24H27N3O4.C2H2O4/c1-2-30-24(29)23(28)26-14-12-18(13-15-26)16-27-21-11-7-6-10-20(21)25-22(27)17-31-19-8-4-3-5-9-19;3-1(4)2(5)6/h3-11,18H,2,12-17H2,1H3;(H,3,4)(H,5,6). The molecular weight excluding hydrogens is 482 g/mol. The van der Waals surface area contributed by atoms with Crippen molar-refractivity contribution in [2.75, 3.05) is 19.7 Å². The second-order valence-electron chi connectivity index (χ2n) is 8.30. The Morgan fingerprint density at radius 3 is 2.19 bits per heavy atom. The molecule has 11 nitrogen and oxygen atoms in total. The van der Waals surface area contributed by atoms with E-state index in [1.165, 1.54) is 0 Å². The van der Waals surface area contributed by atoms with Crippen molar-refractivity contribution in [2.45, 2.75) is 32.9 Å². The van der Waals surface area contributed by atoms with Crippen LogP contribution in [0.5, 0.6) is 5.75 Å². The Labute approximate surface area is 213 Å². The predicted molar refractivity (Wildman–Crippen MR) is 132 cm³/mol. The SMILES string of the molecule is CCOC(=O)C(=O)N1CCC(Cn2c(COc3ccccc3)nc3ccccc32)CC1.O=C(O)C(=O)O. The molecule has 2 aromatic carbocycles. The number of imidazole rings is 1. The lowest BCUT2D eigenvalue weighted by Crippen LogP contribution is -2.43. The van der Waals surface area contributed by atoms with E-state index in [0.29, 0.717) is 25.6 Å². The smallest absolute Gasteiger partial charge is 0.414 e. The van der Waals surface area contributed by atoms with Crippen LogP contribution in [0.3, 0.4) is 0 Å². The fourth-order valence-electron chi connectivity index (χ4n) is 4.00. The van der Waals surface area contributed by atoms with E-state index in [9.17, 15) is 9.59 Å². The molecule has 3 aromatic rings. The van der Waals surface area contributed by atoms with Gasteiger partial charge in [0.2, 0.25) is 0 Å². The van der Waals surface area contributed by atoms with Gasteiger partial charge in [0.25, 0.3) is 0 Å². The van der Waals surface area contributed by atoms with E-state index in [1.54, 1.807) is 11.8 Å². The number of likely N-dealkylation sites (tertiary alicyclic amines) is 1. The number of para-hydroxylation sites is 3.